The minimum atomic E-state index is 0.122. The van der Waals surface area contributed by atoms with Gasteiger partial charge in [-0.3, -0.25) is 14.5 Å². The fourth-order valence-corrected chi connectivity index (χ4v) is 2.36. The second-order valence-electron chi connectivity index (χ2n) is 5.43. The summed E-state index contributed by atoms with van der Waals surface area (Å²) < 4.78 is 0. The molecule has 2 rings (SSSR count). The van der Waals surface area contributed by atoms with Crippen LogP contribution in [0.2, 0.25) is 0 Å². The Hall–Kier alpha value is -0.900. The maximum Gasteiger partial charge on any atom is 0.234 e. The summed E-state index contributed by atoms with van der Waals surface area (Å²) in [6.45, 7) is 1.31. The van der Waals surface area contributed by atoms with Crippen LogP contribution in [0.5, 0.6) is 0 Å². The first-order valence-corrected chi connectivity index (χ1v) is 6.64. The van der Waals surface area contributed by atoms with E-state index in [0.29, 0.717) is 31.2 Å². The highest BCUT2D eigenvalue weighted by Gasteiger charge is 2.25. The van der Waals surface area contributed by atoms with Crippen molar-refractivity contribution in [1.82, 2.24) is 10.2 Å². The second kappa shape index (κ2) is 5.63. The van der Waals surface area contributed by atoms with Gasteiger partial charge in [-0.15, -0.1) is 0 Å². The van der Waals surface area contributed by atoms with Crippen molar-refractivity contribution in [2.24, 2.45) is 5.92 Å². The van der Waals surface area contributed by atoms with E-state index in [9.17, 15) is 9.59 Å². The standard InChI is InChI=1S/C13H22N2O2/c1-15(11-4-6-12(16)7-5-11)9-13(17)14-8-10-2-3-10/h10-11H,2-9H2,1H3,(H,14,17). The zero-order chi connectivity index (χ0) is 12.3. The zero-order valence-electron chi connectivity index (χ0n) is 10.6. The Morgan fingerprint density at radius 1 is 1.29 bits per heavy atom. The number of carbonyl (C=O) groups excluding carboxylic acids is 2. The molecule has 2 fully saturated rings. The van der Waals surface area contributed by atoms with Crippen molar-refractivity contribution in [3.63, 3.8) is 0 Å². The van der Waals surface area contributed by atoms with Crippen molar-refractivity contribution >= 4 is 11.7 Å². The smallest absolute Gasteiger partial charge is 0.234 e. The highest BCUT2D eigenvalue weighted by atomic mass is 16.2. The lowest BCUT2D eigenvalue weighted by Gasteiger charge is -2.30. The molecule has 1 amide bonds. The van der Waals surface area contributed by atoms with Gasteiger partial charge in [-0.2, -0.15) is 0 Å². The topological polar surface area (TPSA) is 49.4 Å². The molecule has 0 aromatic carbocycles. The maximum absolute atomic E-state index is 11.7. The molecule has 17 heavy (non-hydrogen) atoms. The van der Waals surface area contributed by atoms with Gasteiger partial charge in [0.1, 0.15) is 5.78 Å². The number of carbonyl (C=O) groups is 2. The van der Waals surface area contributed by atoms with Gasteiger partial charge in [0, 0.05) is 25.4 Å². The number of Topliss-reactive ketones (excluding diaryl/α,β-unsaturated/α-hetero) is 1. The molecule has 0 radical (unpaired) electrons. The van der Waals surface area contributed by atoms with Crippen molar-refractivity contribution in [3.05, 3.63) is 0 Å². The SMILES string of the molecule is CN(CC(=O)NCC1CC1)C1CCC(=O)CC1. The van der Waals surface area contributed by atoms with Crippen LogP contribution in [0.25, 0.3) is 0 Å². The number of nitrogens with one attached hydrogen (secondary N) is 1. The first-order valence-electron chi connectivity index (χ1n) is 6.64. The second-order valence-corrected chi connectivity index (χ2v) is 5.43. The number of nitrogens with zero attached hydrogens (tertiary/aromatic N) is 1. The molecule has 0 spiro atoms. The summed E-state index contributed by atoms with van der Waals surface area (Å²) in [6.07, 6.45) is 5.70. The molecule has 0 atom stereocenters. The zero-order valence-corrected chi connectivity index (χ0v) is 10.6. The lowest BCUT2D eigenvalue weighted by atomic mass is 9.93. The molecule has 0 aromatic rings. The molecule has 1 N–H and O–H groups in total. The highest BCUT2D eigenvalue weighted by molar-refractivity contribution is 5.79. The molecule has 0 aliphatic heterocycles. The first kappa shape index (κ1) is 12.6. The molecule has 4 nitrogen and oxygen atoms in total. The summed E-state index contributed by atoms with van der Waals surface area (Å²) >= 11 is 0. The van der Waals surface area contributed by atoms with Crippen LogP contribution < -0.4 is 5.32 Å². The van der Waals surface area contributed by atoms with Crippen LogP contribution in [0.1, 0.15) is 38.5 Å². The number of hydrogen-bond donors (Lipinski definition) is 1. The Morgan fingerprint density at radius 3 is 2.53 bits per heavy atom. The summed E-state index contributed by atoms with van der Waals surface area (Å²) in [5.41, 5.74) is 0. The van der Waals surface area contributed by atoms with E-state index in [1.165, 1.54) is 12.8 Å². The largest absolute Gasteiger partial charge is 0.355 e. The summed E-state index contributed by atoms with van der Waals surface area (Å²) in [5, 5.41) is 2.98. The molecule has 2 saturated carbocycles. The molecule has 0 saturated heterocycles. The van der Waals surface area contributed by atoms with Crippen LogP contribution in [-0.2, 0) is 9.59 Å². The van der Waals surface area contributed by atoms with Crippen molar-refractivity contribution in [2.45, 2.75) is 44.6 Å². The minimum absolute atomic E-state index is 0.122. The molecule has 0 heterocycles. The van der Waals surface area contributed by atoms with Crippen molar-refractivity contribution < 1.29 is 9.59 Å². The van der Waals surface area contributed by atoms with E-state index < -0.39 is 0 Å². The van der Waals surface area contributed by atoms with Crippen LogP contribution in [0, 0.1) is 5.92 Å². The van der Waals surface area contributed by atoms with Crippen LogP contribution >= 0.6 is 0 Å². The molecule has 0 aromatic heterocycles. The van der Waals surface area contributed by atoms with E-state index in [-0.39, 0.29) is 5.91 Å². The van der Waals surface area contributed by atoms with Crippen LogP contribution in [0.3, 0.4) is 0 Å². The van der Waals surface area contributed by atoms with E-state index >= 15 is 0 Å². The van der Waals surface area contributed by atoms with Gasteiger partial charge in [-0.25, -0.2) is 0 Å². The van der Waals surface area contributed by atoms with E-state index in [4.69, 9.17) is 0 Å². The van der Waals surface area contributed by atoms with Gasteiger partial charge in [0.05, 0.1) is 6.54 Å². The fourth-order valence-electron chi connectivity index (χ4n) is 2.36. The number of amides is 1. The average molecular weight is 238 g/mol. The van der Waals surface area contributed by atoms with E-state index in [1.54, 1.807) is 0 Å². The van der Waals surface area contributed by atoms with Crippen molar-refractivity contribution in [3.8, 4) is 0 Å². The molecule has 0 bridgehead atoms. The van der Waals surface area contributed by atoms with Gasteiger partial charge >= 0.3 is 0 Å². The molecular weight excluding hydrogens is 216 g/mol. The molecule has 96 valence electrons. The molecule has 2 aliphatic carbocycles. The lowest BCUT2D eigenvalue weighted by molar-refractivity contribution is -0.123. The fraction of sp³-hybridized carbons (Fsp3) is 0.846. The van der Waals surface area contributed by atoms with Gasteiger partial charge in [-0.05, 0) is 38.6 Å². The summed E-state index contributed by atoms with van der Waals surface area (Å²) in [7, 11) is 1.98. The number of rotatable bonds is 5. The normalized spacial score (nSPS) is 21.9. The van der Waals surface area contributed by atoms with E-state index in [2.05, 4.69) is 10.2 Å². The predicted octanol–water partition coefficient (Wildman–Crippen LogP) is 0.956. The average Bonchev–Trinajstić information content (AvgIpc) is 3.11. The third-order valence-electron chi connectivity index (χ3n) is 3.81. The van der Waals surface area contributed by atoms with Gasteiger partial charge < -0.3 is 5.32 Å². The maximum atomic E-state index is 11.7. The van der Waals surface area contributed by atoms with Gasteiger partial charge in [0.25, 0.3) is 0 Å². The number of hydrogen-bond acceptors (Lipinski definition) is 3. The van der Waals surface area contributed by atoms with E-state index in [1.807, 2.05) is 7.05 Å². The Kier molecular flexibility index (Phi) is 4.15. The Bertz CT molecular complexity index is 290. The predicted molar refractivity (Wildman–Crippen MR) is 65.6 cm³/mol. The van der Waals surface area contributed by atoms with Crippen LogP contribution in [0.4, 0.5) is 0 Å². The van der Waals surface area contributed by atoms with Crippen molar-refractivity contribution in [1.29, 1.82) is 0 Å². The first-order chi connectivity index (χ1) is 8.15. The Morgan fingerprint density at radius 2 is 1.94 bits per heavy atom. The van der Waals surface area contributed by atoms with Crippen LogP contribution in [0.15, 0.2) is 0 Å². The lowest BCUT2D eigenvalue weighted by Crippen LogP contribution is -2.42. The van der Waals surface area contributed by atoms with Crippen LogP contribution in [-0.4, -0.2) is 42.8 Å². The highest BCUT2D eigenvalue weighted by Crippen LogP contribution is 2.27. The molecular formula is C13H22N2O2. The monoisotopic (exact) mass is 238 g/mol. The quantitative estimate of drug-likeness (QED) is 0.776. The Balaban J connectivity index is 1.66. The molecule has 4 heteroatoms. The van der Waals surface area contributed by atoms with Gasteiger partial charge in [0.2, 0.25) is 5.91 Å². The summed E-state index contributed by atoms with van der Waals surface area (Å²) in [5.74, 6) is 1.22. The summed E-state index contributed by atoms with van der Waals surface area (Å²) in [4.78, 5) is 24.9. The molecule has 2 aliphatic rings. The number of likely N-dealkylation sites (N-methyl/N-ethyl adjacent to an activating group) is 1. The number of ketones is 1. The third kappa shape index (κ3) is 4.11. The van der Waals surface area contributed by atoms with E-state index in [0.717, 1.165) is 25.3 Å². The summed E-state index contributed by atoms with van der Waals surface area (Å²) in [6, 6.07) is 0.402. The minimum Gasteiger partial charge on any atom is -0.355 e. The van der Waals surface area contributed by atoms with Crippen molar-refractivity contribution in [2.75, 3.05) is 20.1 Å². The Labute approximate surface area is 103 Å². The van der Waals surface area contributed by atoms with Gasteiger partial charge in [-0.1, -0.05) is 0 Å². The third-order valence-corrected chi connectivity index (χ3v) is 3.81. The molecule has 0 unspecified atom stereocenters. The van der Waals surface area contributed by atoms with Gasteiger partial charge in [0.15, 0.2) is 0 Å².